The van der Waals surface area contributed by atoms with Crippen LogP contribution in [0.4, 0.5) is 0 Å². The molecule has 2 amide bonds. The molecule has 0 spiro atoms. The van der Waals surface area contributed by atoms with Gasteiger partial charge in [-0.1, -0.05) is 36.4 Å². The Hall–Kier alpha value is -1.85. The molecule has 3 rings (SSSR count). The molecule has 6 heteroatoms. The summed E-state index contributed by atoms with van der Waals surface area (Å²) in [5.41, 5.74) is 1.08. The third kappa shape index (κ3) is 6.08. The Bertz CT molecular complexity index is 745. The van der Waals surface area contributed by atoms with Gasteiger partial charge in [0, 0.05) is 18.0 Å². The van der Waals surface area contributed by atoms with Crippen LogP contribution in [-0.2, 0) is 22.7 Å². The largest absolute Gasteiger partial charge is 0.332 e. The SMILES string of the molecule is C[C@@H](Cl)C(=O)N(CC(=O)N(Cc1ccccc1)Cc1cccs1)CC1CC1. The van der Waals surface area contributed by atoms with E-state index in [1.807, 2.05) is 52.7 Å². The maximum atomic E-state index is 13.1. The van der Waals surface area contributed by atoms with Crippen LogP contribution in [0.5, 0.6) is 0 Å². The molecular formula is C21H25ClN2O2S. The molecule has 2 aromatic rings. The minimum absolute atomic E-state index is 0.0430. The second kappa shape index (κ2) is 9.38. The van der Waals surface area contributed by atoms with Crippen molar-refractivity contribution in [2.45, 2.75) is 38.2 Å². The Morgan fingerprint density at radius 1 is 1.11 bits per heavy atom. The van der Waals surface area contributed by atoms with Gasteiger partial charge in [0.2, 0.25) is 11.8 Å². The summed E-state index contributed by atoms with van der Waals surface area (Å²) in [5, 5.41) is 1.40. The van der Waals surface area contributed by atoms with Crippen molar-refractivity contribution < 1.29 is 9.59 Å². The van der Waals surface area contributed by atoms with Crippen molar-refractivity contribution in [2.75, 3.05) is 13.1 Å². The van der Waals surface area contributed by atoms with Gasteiger partial charge >= 0.3 is 0 Å². The quantitative estimate of drug-likeness (QED) is 0.589. The molecule has 1 aliphatic carbocycles. The van der Waals surface area contributed by atoms with E-state index >= 15 is 0 Å². The van der Waals surface area contributed by atoms with Crippen LogP contribution in [0, 0.1) is 5.92 Å². The van der Waals surface area contributed by atoms with Crippen LogP contribution in [0.25, 0.3) is 0 Å². The molecule has 0 radical (unpaired) electrons. The molecule has 1 saturated carbocycles. The Morgan fingerprint density at radius 2 is 1.85 bits per heavy atom. The number of halogens is 1. The van der Waals surface area contributed by atoms with Crippen molar-refractivity contribution in [3.05, 3.63) is 58.3 Å². The van der Waals surface area contributed by atoms with Gasteiger partial charge in [-0.3, -0.25) is 9.59 Å². The first-order valence-electron chi connectivity index (χ1n) is 9.30. The fourth-order valence-electron chi connectivity index (χ4n) is 2.99. The highest BCUT2D eigenvalue weighted by Gasteiger charge is 2.30. The standard InChI is InChI=1S/C21H25ClN2O2S/c1-16(22)21(26)24(13-18-9-10-18)15-20(25)23(14-19-8-5-11-27-19)12-17-6-3-2-4-7-17/h2-8,11,16,18H,9-10,12-15H2,1H3/t16-/m1/s1. The fourth-order valence-corrected chi connectivity index (χ4v) is 3.84. The van der Waals surface area contributed by atoms with E-state index in [0.717, 1.165) is 23.3 Å². The lowest BCUT2D eigenvalue weighted by Gasteiger charge is -2.28. The first kappa shape index (κ1) is 19.9. The van der Waals surface area contributed by atoms with Crippen molar-refractivity contribution in [1.29, 1.82) is 0 Å². The number of hydrogen-bond donors (Lipinski definition) is 0. The molecule has 27 heavy (non-hydrogen) atoms. The van der Waals surface area contributed by atoms with Crippen LogP contribution in [0.2, 0.25) is 0 Å². The highest BCUT2D eigenvalue weighted by Crippen LogP contribution is 2.30. The lowest BCUT2D eigenvalue weighted by atomic mass is 10.2. The molecule has 1 aromatic carbocycles. The van der Waals surface area contributed by atoms with Crippen LogP contribution >= 0.6 is 22.9 Å². The van der Waals surface area contributed by atoms with Crippen molar-refractivity contribution in [3.8, 4) is 0 Å². The number of alkyl halides is 1. The van der Waals surface area contributed by atoms with Gasteiger partial charge in [-0.05, 0) is 42.7 Å². The summed E-state index contributed by atoms with van der Waals surface area (Å²) in [4.78, 5) is 30.2. The number of hydrogen-bond acceptors (Lipinski definition) is 3. The van der Waals surface area contributed by atoms with Crippen LogP contribution in [0.15, 0.2) is 47.8 Å². The van der Waals surface area contributed by atoms with Gasteiger partial charge in [0.15, 0.2) is 0 Å². The van der Waals surface area contributed by atoms with Gasteiger partial charge in [0.05, 0.1) is 13.1 Å². The molecule has 0 N–H and O–H groups in total. The van der Waals surface area contributed by atoms with Gasteiger partial charge in [0.1, 0.15) is 5.38 Å². The molecule has 1 atom stereocenters. The molecule has 1 aromatic heterocycles. The van der Waals surface area contributed by atoms with Gasteiger partial charge in [-0.2, -0.15) is 0 Å². The second-order valence-electron chi connectivity index (χ2n) is 7.09. The van der Waals surface area contributed by atoms with Crippen molar-refractivity contribution in [2.24, 2.45) is 5.92 Å². The second-order valence-corrected chi connectivity index (χ2v) is 8.78. The zero-order valence-electron chi connectivity index (χ0n) is 15.5. The Balaban J connectivity index is 1.72. The van der Waals surface area contributed by atoms with E-state index < -0.39 is 5.38 Å². The lowest BCUT2D eigenvalue weighted by molar-refractivity contribution is -0.141. The minimum atomic E-state index is -0.614. The van der Waals surface area contributed by atoms with Gasteiger partial charge in [-0.25, -0.2) is 0 Å². The van der Waals surface area contributed by atoms with Crippen LogP contribution in [0.3, 0.4) is 0 Å². The van der Waals surface area contributed by atoms with Crippen LogP contribution in [0.1, 0.15) is 30.2 Å². The van der Waals surface area contributed by atoms with Gasteiger partial charge < -0.3 is 9.80 Å². The maximum absolute atomic E-state index is 13.1. The number of rotatable bonds is 9. The third-order valence-corrected chi connectivity index (χ3v) is 5.70. The van der Waals surface area contributed by atoms with E-state index in [9.17, 15) is 9.59 Å². The van der Waals surface area contributed by atoms with E-state index in [-0.39, 0.29) is 18.4 Å². The minimum Gasteiger partial charge on any atom is -0.332 e. The summed E-state index contributed by atoms with van der Waals surface area (Å²) in [6.45, 7) is 3.46. The highest BCUT2D eigenvalue weighted by atomic mass is 35.5. The lowest BCUT2D eigenvalue weighted by Crippen LogP contribution is -2.45. The molecule has 0 saturated heterocycles. The Morgan fingerprint density at radius 3 is 2.44 bits per heavy atom. The van der Waals surface area contributed by atoms with Crippen LogP contribution in [-0.4, -0.2) is 40.1 Å². The summed E-state index contributed by atoms with van der Waals surface area (Å²) in [6.07, 6.45) is 2.25. The summed E-state index contributed by atoms with van der Waals surface area (Å²) in [7, 11) is 0. The van der Waals surface area contributed by atoms with E-state index in [4.69, 9.17) is 11.6 Å². The topological polar surface area (TPSA) is 40.6 Å². The molecule has 0 unspecified atom stereocenters. The number of nitrogens with zero attached hydrogens (tertiary/aromatic N) is 2. The molecule has 1 fully saturated rings. The number of benzene rings is 1. The fraction of sp³-hybridized carbons (Fsp3) is 0.429. The Kier molecular flexibility index (Phi) is 6.91. The summed E-state index contributed by atoms with van der Waals surface area (Å²) >= 11 is 7.65. The summed E-state index contributed by atoms with van der Waals surface area (Å²) in [6, 6.07) is 14.0. The van der Waals surface area contributed by atoms with Crippen LogP contribution < -0.4 is 0 Å². The zero-order valence-corrected chi connectivity index (χ0v) is 17.1. The molecule has 1 aliphatic rings. The molecule has 0 bridgehead atoms. The van der Waals surface area contributed by atoms with Crippen molar-refractivity contribution >= 4 is 34.8 Å². The average molecular weight is 405 g/mol. The number of amides is 2. The predicted molar refractivity (Wildman–Crippen MR) is 110 cm³/mol. The van der Waals surface area contributed by atoms with Gasteiger partial charge in [0.25, 0.3) is 0 Å². The van der Waals surface area contributed by atoms with Crippen molar-refractivity contribution in [1.82, 2.24) is 9.80 Å². The first-order chi connectivity index (χ1) is 13.0. The zero-order chi connectivity index (χ0) is 19.2. The van der Waals surface area contributed by atoms with Gasteiger partial charge in [-0.15, -0.1) is 22.9 Å². The van der Waals surface area contributed by atoms with E-state index in [1.165, 1.54) is 0 Å². The molecule has 144 valence electrons. The Labute approximate surface area is 169 Å². The predicted octanol–water partition coefficient (Wildman–Crippen LogP) is 4.14. The third-order valence-electron chi connectivity index (χ3n) is 4.65. The van der Waals surface area contributed by atoms with Crippen molar-refractivity contribution in [3.63, 3.8) is 0 Å². The van der Waals surface area contributed by atoms with E-state index in [2.05, 4.69) is 0 Å². The number of thiophene rings is 1. The highest BCUT2D eigenvalue weighted by molar-refractivity contribution is 7.09. The first-order valence-corrected chi connectivity index (χ1v) is 10.6. The smallest absolute Gasteiger partial charge is 0.242 e. The van der Waals surface area contributed by atoms with E-state index in [0.29, 0.717) is 25.6 Å². The van der Waals surface area contributed by atoms with E-state index in [1.54, 1.807) is 23.2 Å². The summed E-state index contributed by atoms with van der Waals surface area (Å²) < 4.78 is 0. The number of carbonyl (C=O) groups is 2. The maximum Gasteiger partial charge on any atom is 0.242 e. The monoisotopic (exact) mass is 404 g/mol. The molecule has 0 aliphatic heterocycles. The summed E-state index contributed by atoms with van der Waals surface area (Å²) in [5.74, 6) is 0.309. The normalized spacial score (nSPS) is 14.6. The average Bonchev–Trinajstić information content (AvgIpc) is 3.33. The number of carbonyl (C=O) groups excluding carboxylic acids is 2. The molecule has 1 heterocycles. The molecule has 4 nitrogen and oxygen atoms in total. The molecular weight excluding hydrogens is 380 g/mol.